The SMILES string of the molecule is COc1ccc(C(=O)Oc2ccc(/C=N\NC(=O)COc3ccc(Br)cc3)cc2OC)cc1. The zero-order valence-corrected chi connectivity index (χ0v) is 19.5. The molecule has 0 bridgehead atoms. The molecule has 0 saturated heterocycles. The molecular weight excluding hydrogens is 492 g/mol. The van der Waals surface area contributed by atoms with Crippen LogP contribution in [0.25, 0.3) is 0 Å². The van der Waals surface area contributed by atoms with E-state index in [0.29, 0.717) is 28.4 Å². The van der Waals surface area contributed by atoms with Crippen molar-refractivity contribution in [2.75, 3.05) is 20.8 Å². The molecule has 0 aliphatic carbocycles. The van der Waals surface area contributed by atoms with E-state index in [2.05, 4.69) is 26.5 Å². The van der Waals surface area contributed by atoms with Gasteiger partial charge in [0.05, 0.1) is 26.0 Å². The van der Waals surface area contributed by atoms with E-state index in [-0.39, 0.29) is 12.4 Å². The Bertz CT molecular complexity index is 1130. The van der Waals surface area contributed by atoms with Crippen LogP contribution in [0.4, 0.5) is 0 Å². The fourth-order valence-electron chi connectivity index (χ4n) is 2.63. The van der Waals surface area contributed by atoms with Crippen LogP contribution >= 0.6 is 15.9 Å². The van der Waals surface area contributed by atoms with Crippen molar-refractivity contribution in [1.82, 2.24) is 5.43 Å². The number of carbonyl (C=O) groups excluding carboxylic acids is 2. The average molecular weight is 513 g/mol. The Labute approximate surface area is 199 Å². The average Bonchev–Trinajstić information content (AvgIpc) is 2.84. The molecule has 0 unspecified atom stereocenters. The maximum Gasteiger partial charge on any atom is 0.343 e. The van der Waals surface area contributed by atoms with Gasteiger partial charge in [-0.1, -0.05) is 15.9 Å². The van der Waals surface area contributed by atoms with Crippen molar-refractivity contribution in [1.29, 1.82) is 0 Å². The van der Waals surface area contributed by atoms with Crippen molar-refractivity contribution in [2.24, 2.45) is 5.10 Å². The Morgan fingerprint density at radius 2 is 1.61 bits per heavy atom. The number of amides is 1. The highest BCUT2D eigenvalue weighted by molar-refractivity contribution is 9.10. The molecule has 0 atom stereocenters. The summed E-state index contributed by atoms with van der Waals surface area (Å²) in [6.45, 7) is -0.178. The number of hydrogen-bond donors (Lipinski definition) is 1. The lowest BCUT2D eigenvalue weighted by atomic mass is 10.2. The molecule has 170 valence electrons. The van der Waals surface area contributed by atoms with Crippen molar-refractivity contribution < 1.29 is 28.5 Å². The second kappa shape index (κ2) is 11.7. The quantitative estimate of drug-likeness (QED) is 0.199. The minimum Gasteiger partial charge on any atom is -0.497 e. The molecule has 0 fully saturated rings. The maximum absolute atomic E-state index is 12.4. The molecule has 0 aromatic heterocycles. The van der Waals surface area contributed by atoms with Crippen LogP contribution in [0.1, 0.15) is 15.9 Å². The third kappa shape index (κ3) is 7.08. The first-order chi connectivity index (χ1) is 16.0. The van der Waals surface area contributed by atoms with Gasteiger partial charge >= 0.3 is 5.97 Å². The molecule has 1 amide bonds. The van der Waals surface area contributed by atoms with Gasteiger partial charge in [-0.05, 0) is 72.3 Å². The standard InChI is InChI=1S/C24H21BrN2O6/c1-30-19-8-4-17(5-9-19)24(29)33-21-12-3-16(13-22(21)31-2)14-26-27-23(28)15-32-20-10-6-18(25)7-11-20/h3-14H,15H2,1-2H3,(H,27,28)/b26-14-. The zero-order valence-electron chi connectivity index (χ0n) is 17.9. The van der Waals surface area contributed by atoms with Gasteiger partial charge in [0.2, 0.25) is 0 Å². The van der Waals surface area contributed by atoms with Crippen molar-refractivity contribution in [3.05, 3.63) is 82.3 Å². The van der Waals surface area contributed by atoms with Crippen LogP contribution in [0.15, 0.2) is 76.3 Å². The molecule has 33 heavy (non-hydrogen) atoms. The summed E-state index contributed by atoms with van der Waals surface area (Å²) < 4.78 is 22.1. The number of nitrogens with one attached hydrogen (secondary N) is 1. The Hall–Kier alpha value is -3.85. The highest BCUT2D eigenvalue weighted by Crippen LogP contribution is 2.28. The summed E-state index contributed by atoms with van der Waals surface area (Å²) in [6.07, 6.45) is 1.44. The number of hydrogen-bond acceptors (Lipinski definition) is 7. The number of hydrazone groups is 1. The van der Waals surface area contributed by atoms with E-state index < -0.39 is 11.9 Å². The van der Waals surface area contributed by atoms with Crippen LogP contribution in [-0.2, 0) is 4.79 Å². The normalized spacial score (nSPS) is 10.5. The Morgan fingerprint density at radius 1 is 0.909 bits per heavy atom. The molecule has 0 aliphatic heterocycles. The summed E-state index contributed by atoms with van der Waals surface area (Å²) in [4.78, 5) is 24.3. The smallest absolute Gasteiger partial charge is 0.343 e. The van der Waals surface area contributed by atoms with Crippen LogP contribution < -0.4 is 24.4 Å². The number of nitrogens with zero attached hydrogens (tertiary/aromatic N) is 1. The Morgan fingerprint density at radius 3 is 2.27 bits per heavy atom. The lowest BCUT2D eigenvalue weighted by Crippen LogP contribution is -2.24. The summed E-state index contributed by atoms with van der Waals surface area (Å²) in [5, 5.41) is 3.91. The molecule has 3 rings (SSSR count). The lowest BCUT2D eigenvalue weighted by molar-refractivity contribution is -0.123. The molecule has 0 spiro atoms. The van der Waals surface area contributed by atoms with Gasteiger partial charge in [-0.2, -0.15) is 5.10 Å². The summed E-state index contributed by atoms with van der Waals surface area (Å²) in [6, 6.07) is 18.6. The van der Waals surface area contributed by atoms with Gasteiger partial charge in [-0.3, -0.25) is 4.79 Å². The van der Waals surface area contributed by atoms with Crippen molar-refractivity contribution in [3.8, 4) is 23.0 Å². The van der Waals surface area contributed by atoms with Gasteiger partial charge in [-0.25, -0.2) is 10.2 Å². The summed E-state index contributed by atoms with van der Waals surface area (Å²) in [7, 11) is 3.01. The Balaban J connectivity index is 1.55. The molecule has 3 aromatic rings. The van der Waals surface area contributed by atoms with Crippen molar-refractivity contribution in [3.63, 3.8) is 0 Å². The van der Waals surface area contributed by atoms with E-state index in [0.717, 1.165) is 4.47 Å². The van der Waals surface area contributed by atoms with Gasteiger partial charge in [0.25, 0.3) is 5.91 Å². The van der Waals surface area contributed by atoms with Crippen LogP contribution in [-0.4, -0.2) is 38.9 Å². The van der Waals surface area contributed by atoms with E-state index in [9.17, 15) is 9.59 Å². The second-order valence-corrected chi connectivity index (χ2v) is 7.48. The van der Waals surface area contributed by atoms with Crippen LogP contribution in [0.5, 0.6) is 23.0 Å². The first-order valence-electron chi connectivity index (χ1n) is 9.73. The van der Waals surface area contributed by atoms with Gasteiger partial charge in [0.1, 0.15) is 11.5 Å². The van der Waals surface area contributed by atoms with Gasteiger partial charge in [-0.15, -0.1) is 0 Å². The molecule has 8 nitrogen and oxygen atoms in total. The second-order valence-electron chi connectivity index (χ2n) is 6.56. The fraction of sp³-hybridized carbons (Fsp3) is 0.125. The van der Waals surface area contributed by atoms with E-state index in [1.807, 2.05) is 12.1 Å². The topological polar surface area (TPSA) is 95.5 Å². The number of esters is 1. The fourth-order valence-corrected chi connectivity index (χ4v) is 2.89. The van der Waals surface area contributed by atoms with Gasteiger partial charge in [0, 0.05) is 4.47 Å². The first kappa shape index (κ1) is 23.8. The summed E-state index contributed by atoms with van der Waals surface area (Å²) in [5.41, 5.74) is 3.39. The molecule has 0 saturated carbocycles. The third-order valence-corrected chi connectivity index (χ3v) is 4.83. The third-order valence-electron chi connectivity index (χ3n) is 4.30. The minimum absolute atomic E-state index is 0.178. The predicted octanol–water partition coefficient (Wildman–Crippen LogP) is 4.21. The number of ether oxygens (including phenoxy) is 4. The van der Waals surface area contributed by atoms with Gasteiger partial charge < -0.3 is 18.9 Å². The number of benzene rings is 3. The van der Waals surface area contributed by atoms with Crippen molar-refractivity contribution >= 4 is 34.0 Å². The molecule has 9 heteroatoms. The monoisotopic (exact) mass is 512 g/mol. The summed E-state index contributed by atoms with van der Waals surface area (Å²) in [5.74, 6) is 0.858. The Kier molecular flexibility index (Phi) is 8.43. The van der Waals surface area contributed by atoms with E-state index in [1.54, 1.807) is 61.7 Å². The van der Waals surface area contributed by atoms with Crippen LogP contribution in [0.2, 0.25) is 0 Å². The van der Waals surface area contributed by atoms with Crippen LogP contribution in [0, 0.1) is 0 Å². The maximum atomic E-state index is 12.4. The van der Waals surface area contributed by atoms with Crippen molar-refractivity contribution in [2.45, 2.75) is 0 Å². The lowest BCUT2D eigenvalue weighted by Gasteiger charge is -2.10. The predicted molar refractivity (Wildman–Crippen MR) is 126 cm³/mol. The van der Waals surface area contributed by atoms with Crippen LogP contribution in [0.3, 0.4) is 0 Å². The van der Waals surface area contributed by atoms with E-state index in [4.69, 9.17) is 18.9 Å². The summed E-state index contributed by atoms with van der Waals surface area (Å²) >= 11 is 3.33. The number of carbonyl (C=O) groups is 2. The van der Waals surface area contributed by atoms with E-state index in [1.165, 1.54) is 13.3 Å². The van der Waals surface area contributed by atoms with Gasteiger partial charge in [0.15, 0.2) is 18.1 Å². The highest BCUT2D eigenvalue weighted by Gasteiger charge is 2.13. The minimum atomic E-state index is -0.532. The molecular formula is C24H21BrN2O6. The molecule has 3 aromatic carbocycles. The number of rotatable bonds is 9. The number of halogens is 1. The number of methoxy groups -OCH3 is 2. The highest BCUT2D eigenvalue weighted by atomic mass is 79.9. The molecule has 0 heterocycles. The van der Waals surface area contributed by atoms with E-state index >= 15 is 0 Å². The molecule has 0 aliphatic rings. The molecule has 1 N–H and O–H groups in total. The first-order valence-corrected chi connectivity index (χ1v) is 10.5. The molecule has 0 radical (unpaired) electrons. The largest absolute Gasteiger partial charge is 0.497 e. The zero-order chi connectivity index (χ0) is 23.6.